The van der Waals surface area contributed by atoms with Gasteiger partial charge in [-0.25, -0.2) is 0 Å². The lowest BCUT2D eigenvalue weighted by Gasteiger charge is -2.11. The van der Waals surface area contributed by atoms with E-state index in [0.717, 1.165) is 40.3 Å². The van der Waals surface area contributed by atoms with Crippen molar-refractivity contribution in [3.05, 3.63) is 41.5 Å². The highest BCUT2D eigenvalue weighted by Crippen LogP contribution is 2.44. The van der Waals surface area contributed by atoms with Crippen LogP contribution in [0, 0.1) is 11.3 Å². The summed E-state index contributed by atoms with van der Waals surface area (Å²) in [5.41, 5.74) is 3.13. The molecule has 0 aliphatic heterocycles. The Morgan fingerprint density at radius 1 is 1.10 bits per heavy atom. The van der Waals surface area contributed by atoms with Gasteiger partial charge in [0.1, 0.15) is 16.9 Å². The van der Waals surface area contributed by atoms with Gasteiger partial charge >= 0.3 is 0 Å². The van der Waals surface area contributed by atoms with Crippen LogP contribution in [0.5, 0.6) is 5.75 Å². The first-order chi connectivity index (χ1) is 10.3. The van der Waals surface area contributed by atoms with Crippen LogP contribution in [0.3, 0.4) is 0 Å². The molecule has 0 bridgehead atoms. The fourth-order valence-corrected chi connectivity index (χ4v) is 3.53. The summed E-state index contributed by atoms with van der Waals surface area (Å²) in [6.07, 6.45) is 4.62. The zero-order valence-corrected chi connectivity index (χ0v) is 11.6. The van der Waals surface area contributed by atoms with Crippen molar-refractivity contribution in [2.45, 2.75) is 31.6 Å². The lowest BCUT2D eigenvalue weighted by atomic mass is 9.94. The van der Waals surface area contributed by atoms with Crippen molar-refractivity contribution in [2.24, 2.45) is 0 Å². The Hall–Kier alpha value is -2.47. The third-order valence-corrected chi connectivity index (χ3v) is 4.55. The minimum absolute atomic E-state index is 0.328. The summed E-state index contributed by atoms with van der Waals surface area (Å²) < 4.78 is 6.01. The molecule has 0 unspecified atom stereocenters. The number of phenolic OH excluding ortho intramolecular Hbond substituents is 1. The van der Waals surface area contributed by atoms with Gasteiger partial charge in [-0.05, 0) is 49.1 Å². The maximum absolute atomic E-state index is 10.3. The number of fused-ring (bicyclic) bond motifs is 3. The van der Waals surface area contributed by atoms with E-state index in [1.54, 1.807) is 12.1 Å². The molecule has 0 amide bonds. The van der Waals surface area contributed by atoms with E-state index in [0.29, 0.717) is 17.2 Å². The summed E-state index contributed by atoms with van der Waals surface area (Å²) in [7, 11) is 0. The first-order valence-corrected chi connectivity index (χ1v) is 7.36. The molecule has 0 radical (unpaired) electrons. The number of benzene rings is 2. The van der Waals surface area contributed by atoms with Crippen molar-refractivity contribution in [3.63, 3.8) is 0 Å². The average Bonchev–Trinajstić information content (AvgIpc) is 3.13. The molecule has 0 saturated heterocycles. The number of nitrogens with zero attached hydrogens (tertiary/aromatic N) is 1. The Balaban J connectivity index is 2.05. The zero-order valence-electron chi connectivity index (χ0n) is 11.6. The second-order valence-electron chi connectivity index (χ2n) is 5.78. The molecule has 3 aromatic rings. The summed E-state index contributed by atoms with van der Waals surface area (Å²) in [5.74, 6) is 0.707. The third kappa shape index (κ3) is 1.80. The van der Waals surface area contributed by atoms with E-state index in [4.69, 9.17) is 9.68 Å². The number of hydrogen-bond donors (Lipinski definition) is 1. The van der Waals surface area contributed by atoms with Crippen LogP contribution in [0.4, 0.5) is 0 Å². The lowest BCUT2D eigenvalue weighted by molar-refractivity contribution is 0.460. The predicted molar refractivity (Wildman–Crippen MR) is 81.3 cm³/mol. The molecule has 1 fully saturated rings. The Labute approximate surface area is 122 Å². The standard InChI is InChI=1S/C18H15NO2/c19-10-11-5-8-16-14(9-11)13-6-7-15(20)17(18(13)21-16)12-3-1-2-4-12/h5-9,12,20H,1-4H2. The van der Waals surface area contributed by atoms with Gasteiger partial charge in [0, 0.05) is 16.3 Å². The molecule has 1 N–H and O–H groups in total. The zero-order chi connectivity index (χ0) is 14.4. The Morgan fingerprint density at radius 2 is 1.90 bits per heavy atom. The first-order valence-electron chi connectivity index (χ1n) is 7.36. The average molecular weight is 277 g/mol. The monoisotopic (exact) mass is 277 g/mol. The molecule has 0 spiro atoms. The minimum atomic E-state index is 0.328. The topological polar surface area (TPSA) is 57.2 Å². The van der Waals surface area contributed by atoms with Crippen molar-refractivity contribution in [1.29, 1.82) is 5.26 Å². The quantitative estimate of drug-likeness (QED) is 0.693. The maximum Gasteiger partial charge on any atom is 0.142 e. The number of rotatable bonds is 1. The molecule has 1 aliphatic carbocycles. The van der Waals surface area contributed by atoms with Gasteiger partial charge in [0.2, 0.25) is 0 Å². The summed E-state index contributed by atoms with van der Waals surface area (Å²) in [5, 5.41) is 21.3. The normalized spacial score (nSPS) is 15.8. The van der Waals surface area contributed by atoms with Gasteiger partial charge in [0.05, 0.1) is 11.6 Å². The van der Waals surface area contributed by atoms with Crippen molar-refractivity contribution >= 4 is 21.9 Å². The number of hydrogen-bond acceptors (Lipinski definition) is 3. The second-order valence-corrected chi connectivity index (χ2v) is 5.78. The molecule has 1 saturated carbocycles. The van der Waals surface area contributed by atoms with Crippen LogP contribution in [0.2, 0.25) is 0 Å². The van der Waals surface area contributed by atoms with Crippen LogP contribution in [0.25, 0.3) is 21.9 Å². The summed E-state index contributed by atoms with van der Waals surface area (Å²) in [6.45, 7) is 0. The van der Waals surface area contributed by atoms with Gasteiger partial charge in [0.25, 0.3) is 0 Å². The van der Waals surface area contributed by atoms with Gasteiger partial charge in [-0.3, -0.25) is 0 Å². The highest BCUT2D eigenvalue weighted by atomic mass is 16.3. The predicted octanol–water partition coefficient (Wildman–Crippen LogP) is 4.82. The van der Waals surface area contributed by atoms with Crippen LogP contribution in [0.15, 0.2) is 34.7 Å². The largest absolute Gasteiger partial charge is 0.508 e. The van der Waals surface area contributed by atoms with Gasteiger partial charge < -0.3 is 9.52 Å². The summed E-state index contributed by atoms with van der Waals surface area (Å²) in [4.78, 5) is 0. The van der Waals surface area contributed by atoms with E-state index in [1.807, 2.05) is 18.2 Å². The third-order valence-electron chi connectivity index (χ3n) is 4.55. The number of furan rings is 1. The van der Waals surface area contributed by atoms with Crippen LogP contribution in [-0.2, 0) is 0 Å². The highest BCUT2D eigenvalue weighted by Gasteiger charge is 2.25. The molecule has 3 nitrogen and oxygen atoms in total. The Kier molecular flexibility index (Phi) is 2.65. The molecule has 104 valence electrons. The van der Waals surface area contributed by atoms with E-state index in [9.17, 15) is 5.11 Å². The van der Waals surface area contributed by atoms with Gasteiger partial charge in [-0.1, -0.05) is 12.8 Å². The smallest absolute Gasteiger partial charge is 0.142 e. The number of phenols is 1. The molecule has 4 rings (SSSR count). The van der Waals surface area contributed by atoms with E-state index >= 15 is 0 Å². The Bertz CT molecular complexity index is 879. The van der Waals surface area contributed by atoms with E-state index in [-0.39, 0.29) is 0 Å². The fraction of sp³-hybridized carbons (Fsp3) is 0.278. The Morgan fingerprint density at radius 3 is 2.67 bits per heavy atom. The minimum Gasteiger partial charge on any atom is -0.508 e. The number of aromatic hydroxyl groups is 1. The van der Waals surface area contributed by atoms with Crippen LogP contribution in [-0.4, -0.2) is 5.11 Å². The lowest BCUT2D eigenvalue weighted by Crippen LogP contribution is -1.93. The van der Waals surface area contributed by atoms with Crippen molar-refractivity contribution in [3.8, 4) is 11.8 Å². The SMILES string of the molecule is N#Cc1ccc2oc3c(C4CCCC4)c(O)ccc3c2c1. The highest BCUT2D eigenvalue weighted by molar-refractivity contribution is 6.07. The molecule has 1 heterocycles. The molecule has 1 aliphatic rings. The molecular formula is C18H15NO2. The van der Waals surface area contributed by atoms with Crippen molar-refractivity contribution in [2.75, 3.05) is 0 Å². The maximum atomic E-state index is 10.3. The fourth-order valence-electron chi connectivity index (χ4n) is 3.53. The molecular weight excluding hydrogens is 262 g/mol. The molecule has 2 aromatic carbocycles. The molecule has 1 aromatic heterocycles. The van der Waals surface area contributed by atoms with Crippen LogP contribution in [0.1, 0.15) is 42.7 Å². The van der Waals surface area contributed by atoms with Gasteiger partial charge in [0.15, 0.2) is 0 Å². The second kappa shape index (κ2) is 4.53. The van der Waals surface area contributed by atoms with Gasteiger partial charge in [-0.2, -0.15) is 5.26 Å². The summed E-state index contributed by atoms with van der Waals surface area (Å²) >= 11 is 0. The van der Waals surface area contributed by atoms with Crippen LogP contribution < -0.4 is 0 Å². The van der Waals surface area contributed by atoms with E-state index in [2.05, 4.69) is 6.07 Å². The molecule has 0 atom stereocenters. The summed E-state index contributed by atoms with van der Waals surface area (Å²) in [6, 6.07) is 11.3. The van der Waals surface area contributed by atoms with E-state index in [1.165, 1.54) is 12.8 Å². The van der Waals surface area contributed by atoms with Crippen molar-refractivity contribution < 1.29 is 9.52 Å². The van der Waals surface area contributed by atoms with Crippen LogP contribution >= 0.6 is 0 Å². The number of nitriles is 1. The molecule has 21 heavy (non-hydrogen) atoms. The van der Waals surface area contributed by atoms with E-state index < -0.39 is 0 Å². The molecule has 3 heteroatoms. The first kappa shape index (κ1) is 12.3. The van der Waals surface area contributed by atoms with Crippen molar-refractivity contribution in [1.82, 2.24) is 0 Å². The van der Waals surface area contributed by atoms with Gasteiger partial charge in [-0.15, -0.1) is 0 Å².